The highest BCUT2D eigenvalue weighted by atomic mass is 16.6. The molecule has 1 unspecified atom stereocenters. The van der Waals surface area contributed by atoms with Crippen LogP contribution in [0.4, 0.5) is 4.79 Å². The van der Waals surface area contributed by atoms with Crippen molar-refractivity contribution in [2.45, 2.75) is 58.9 Å². The van der Waals surface area contributed by atoms with Gasteiger partial charge in [-0.3, -0.25) is 4.90 Å². The Kier molecular flexibility index (Phi) is 5.78. The molecule has 0 aliphatic carbocycles. The monoisotopic (exact) mass is 324 g/mol. The van der Waals surface area contributed by atoms with Gasteiger partial charge in [0.2, 0.25) is 0 Å². The Morgan fingerprint density at radius 1 is 1.43 bits per heavy atom. The van der Waals surface area contributed by atoms with Crippen LogP contribution in [0.15, 0.2) is 11.6 Å². The Balaban J connectivity index is 3.07. The second-order valence-electron chi connectivity index (χ2n) is 6.59. The van der Waals surface area contributed by atoms with Gasteiger partial charge in [0.05, 0.1) is 19.3 Å². The molecule has 0 radical (unpaired) electrons. The second kappa shape index (κ2) is 7.01. The minimum absolute atomic E-state index is 0.160. The molecule has 7 heteroatoms. The van der Waals surface area contributed by atoms with E-state index in [1.54, 1.807) is 47.6 Å². The first-order valence-electron chi connectivity index (χ1n) is 7.47. The molecule has 1 heterocycles. The van der Waals surface area contributed by atoms with Crippen LogP contribution < -0.4 is 0 Å². The number of nitrogens with zero attached hydrogens (tertiary/aromatic N) is 2. The van der Waals surface area contributed by atoms with Gasteiger partial charge in [0.15, 0.2) is 0 Å². The van der Waals surface area contributed by atoms with Gasteiger partial charge in [-0.1, -0.05) is 0 Å². The average Bonchev–Trinajstić information content (AvgIpc) is 2.69. The van der Waals surface area contributed by atoms with Crippen molar-refractivity contribution in [3.63, 3.8) is 0 Å². The SMILES string of the molecule is CCOC(=O)/C(C#N)=C/C1COC(C)(C)N1C(=O)OC(C)(C)C. The van der Waals surface area contributed by atoms with Crippen molar-refractivity contribution in [2.75, 3.05) is 13.2 Å². The Bertz CT molecular complexity index is 540. The van der Waals surface area contributed by atoms with Crippen molar-refractivity contribution in [3.05, 3.63) is 11.6 Å². The van der Waals surface area contributed by atoms with Gasteiger partial charge in [0.25, 0.3) is 0 Å². The molecule has 0 aromatic rings. The fraction of sp³-hybridized carbons (Fsp3) is 0.688. The van der Waals surface area contributed by atoms with Gasteiger partial charge < -0.3 is 14.2 Å². The molecule has 128 valence electrons. The number of carbonyl (C=O) groups is 2. The molecule has 0 aromatic heterocycles. The standard InChI is InChI=1S/C16H24N2O5/c1-7-21-13(19)11(9-17)8-12-10-22-16(5,6)18(12)14(20)23-15(2,3)4/h8,12H,7,10H2,1-6H3/b11-8+. The van der Waals surface area contributed by atoms with Gasteiger partial charge in [0.1, 0.15) is 23.0 Å². The highest BCUT2D eigenvalue weighted by Gasteiger charge is 2.45. The lowest BCUT2D eigenvalue weighted by atomic mass is 10.1. The number of hydrogen-bond donors (Lipinski definition) is 0. The Labute approximate surface area is 136 Å². The van der Waals surface area contributed by atoms with E-state index in [1.165, 1.54) is 11.0 Å². The zero-order valence-corrected chi connectivity index (χ0v) is 14.5. The van der Waals surface area contributed by atoms with E-state index >= 15 is 0 Å². The minimum Gasteiger partial charge on any atom is -0.462 e. The highest BCUT2D eigenvalue weighted by molar-refractivity contribution is 5.93. The third-order valence-corrected chi connectivity index (χ3v) is 3.08. The molecule has 1 atom stereocenters. The summed E-state index contributed by atoms with van der Waals surface area (Å²) in [6.07, 6.45) is 0.818. The van der Waals surface area contributed by atoms with Crippen molar-refractivity contribution >= 4 is 12.1 Å². The molecule has 1 saturated heterocycles. The van der Waals surface area contributed by atoms with Gasteiger partial charge in [0, 0.05) is 0 Å². The van der Waals surface area contributed by atoms with Gasteiger partial charge >= 0.3 is 12.1 Å². The normalized spacial score (nSPS) is 20.8. The molecule has 1 fully saturated rings. The van der Waals surface area contributed by atoms with Crippen LogP contribution in [0, 0.1) is 11.3 Å². The predicted molar refractivity (Wildman–Crippen MR) is 82.2 cm³/mol. The first kappa shape index (κ1) is 19.0. The summed E-state index contributed by atoms with van der Waals surface area (Å²) < 4.78 is 15.8. The van der Waals surface area contributed by atoms with Crippen molar-refractivity contribution in [1.82, 2.24) is 4.90 Å². The molecular weight excluding hydrogens is 300 g/mol. The summed E-state index contributed by atoms with van der Waals surface area (Å²) in [4.78, 5) is 25.6. The summed E-state index contributed by atoms with van der Waals surface area (Å²) in [5, 5.41) is 9.13. The zero-order chi connectivity index (χ0) is 17.8. The van der Waals surface area contributed by atoms with E-state index in [9.17, 15) is 9.59 Å². The van der Waals surface area contributed by atoms with Crippen LogP contribution in [0.25, 0.3) is 0 Å². The van der Waals surface area contributed by atoms with Crippen LogP contribution in [-0.4, -0.2) is 47.5 Å². The number of ether oxygens (including phenoxy) is 3. The quantitative estimate of drug-likeness (QED) is 0.450. The first-order valence-corrected chi connectivity index (χ1v) is 7.47. The smallest absolute Gasteiger partial charge is 0.413 e. The number of nitriles is 1. The molecule has 1 amide bonds. The Morgan fingerprint density at radius 3 is 2.52 bits per heavy atom. The molecule has 0 aromatic carbocycles. The molecular formula is C16H24N2O5. The van der Waals surface area contributed by atoms with E-state index in [-0.39, 0.29) is 18.8 Å². The first-order chi connectivity index (χ1) is 10.5. The van der Waals surface area contributed by atoms with Crippen LogP contribution >= 0.6 is 0 Å². The summed E-state index contributed by atoms with van der Waals surface area (Å²) in [6.45, 7) is 10.7. The van der Waals surface area contributed by atoms with E-state index in [1.807, 2.05) is 0 Å². The minimum atomic E-state index is -0.904. The molecule has 0 N–H and O–H groups in total. The lowest BCUT2D eigenvalue weighted by Crippen LogP contribution is -2.49. The zero-order valence-electron chi connectivity index (χ0n) is 14.5. The van der Waals surface area contributed by atoms with Crippen LogP contribution in [0.2, 0.25) is 0 Å². The van der Waals surface area contributed by atoms with Gasteiger partial charge in [-0.05, 0) is 47.6 Å². The molecule has 1 rings (SSSR count). The molecule has 0 bridgehead atoms. The lowest BCUT2D eigenvalue weighted by Gasteiger charge is -2.34. The molecule has 1 aliphatic heterocycles. The fourth-order valence-electron chi connectivity index (χ4n) is 2.17. The number of esters is 1. The average molecular weight is 324 g/mol. The summed E-state index contributed by atoms with van der Waals surface area (Å²) in [6, 6.07) is 1.22. The number of amides is 1. The summed E-state index contributed by atoms with van der Waals surface area (Å²) in [5.74, 6) is -0.719. The van der Waals surface area contributed by atoms with Crippen molar-refractivity contribution in [1.29, 1.82) is 5.26 Å². The van der Waals surface area contributed by atoms with Gasteiger partial charge in [-0.2, -0.15) is 5.26 Å². The summed E-state index contributed by atoms with van der Waals surface area (Å²) in [5.41, 5.74) is -1.73. The lowest BCUT2D eigenvalue weighted by molar-refractivity contribution is -0.138. The van der Waals surface area contributed by atoms with E-state index < -0.39 is 29.4 Å². The van der Waals surface area contributed by atoms with Crippen LogP contribution in [-0.2, 0) is 19.0 Å². The number of hydrogen-bond acceptors (Lipinski definition) is 6. The van der Waals surface area contributed by atoms with E-state index in [0.29, 0.717) is 0 Å². The topological polar surface area (TPSA) is 88.9 Å². The third kappa shape index (κ3) is 4.96. The third-order valence-electron chi connectivity index (χ3n) is 3.08. The predicted octanol–water partition coefficient (Wildman–Crippen LogP) is 2.37. The van der Waals surface area contributed by atoms with Crippen molar-refractivity contribution in [3.8, 4) is 6.07 Å². The van der Waals surface area contributed by atoms with E-state index in [0.717, 1.165) is 0 Å². The highest BCUT2D eigenvalue weighted by Crippen LogP contribution is 2.30. The summed E-state index contributed by atoms with van der Waals surface area (Å²) in [7, 11) is 0. The van der Waals surface area contributed by atoms with E-state index in [4.69, 9.17) is 19.5 Å². The number of rotatable bonds is 3. The van der Waals surface area contributed by atoms with Crippen LogP contribution in [0.3, 0.4) is 0 Å². The van der Waals surface area contributed by atoms with Crippen LogP contribution in [0.1, 0.15) is 41.5 Å². The number of carbonyl (C=O) groups excluding carboxylic acids is 2. The fourth-order valence-corrected chi connectivity index (χ4v) is 2.17. The van der Waals surface area contributed by atoms with Crippen molar-refractivity contribution < 1.29 is 23.8 Å². The maximum absolute atomic E-state index is 12.4. The van der Waals surface area contributed by atoms with Crippen molar-refractivity contribution in [2.24, 2.45) is 0 Å². The molecule has 7 nitrogen and oxygen atoms in total. The van der Waals surface area contributed by atoms with Gasteiger partial charge in [-0.15, -0.1) is 0 Å². The molecule has 0 spiro atoms. The second-order valence-corrected chi connectivity index (χ2v) is 6.59. The summed E-state index contributed by atoms with van der Waals surface area (Å²) >= 11 is 0. The Hall–Kier alpha value is -2.07. The van der Waals surface area contributed by atoms with Gasteiger partial charge in [-0.25, -0.2) is 9.59 Å². The molecule has 0 saturated carbocycles. The maximum Gasteiger partial charge on any atom is 0.413 e. The van der Waals surface area contributed by atoms with E-state index in [2.05, 4.69) is 0 Å². The Morgan fingerprint density at radius 2 is 2.04 bits per heavy atom. The maximum atomic E-state index is 12.4. The molecule has 23 heavy (non-hydrogen) atoms. The largest absolute Gasteiger partial charge is 0.462 e. The molecule has 1 aliphatic rings. The van der Waals surface area contributed by atoms with Crippen LogP contribution in [0.5, 0.6) is 0 Å².